The molecule has 1 aromatic heterocycles. The Bertz CT molecular complexity index is 426. The molecule has 0 aliphatic carbocycles. The SMILES string of the molecule is COCCN(CCOC)C(=O)c1cnn(CCCN)c1C. The Labute approximate surface area is 126 Å². The molecule has 0 spiro atoms. The molecule has 0 atom stereocenters. The van der Waals surface area contributed by atoms with Gasteiger partial charge >= 0.3 is 0 Å². The molecule has 0 unspecified atom stereocenters. The Morgan fingerprint density at radius 2 is 1.95 bits per heavy atom. The van der Waals surface area contributed by atoms with E-state index >= 15 is 0 Å². The van der Waals surface area contributed by atoms with Crippen molar-refractivity contribution in [3.8, 4) is 0 Å². The zero-order valence-electron chi connectivity index (χ0n) is 13.2. The molecule has 0 aromatic carbocycles. The second kappa shape index (κ2) is 9.49. The van der Waals surface area contributed by atoms with Crippen molar-refractivity contribution in [2.45, 2.75) is 19.9 Å². The highest BCUT2D eigenvalue weighted by molar-refractivity contribution is 5.95. The minimum absolute atomic E-state index is 0.0411. The monoisotopic (exact) mass is 298 g/mol. The number of hydrogen-bond acceptors (Lipinski definition) is 5. The highest BCUT2D eigenvalue weighted by Gasteiger charge is 2.20. The summed E-state index contributed by atoms with van der Waals surface area (Å²) < 4.78 is 11.9. The van der Waals surface area contributed by atoms with Crippen LogP contribution in [-0.2, 0) is 16.0 Å². The number of carbonyl (C=O) groups is 1. The molecule has 0 aliphatic rings. The van der Waals surface area contributed by atoms with Gasteiger partial charge in [0.2, 0.25) is 0 Å². The Kier molecular flexibility index (Phi) is 7.96. The van der Waals surface area contributed by atoms with Crippen LogP contribution in [0.5, 0.6) is 0 Å². The summed E-state index contributed by atoms with van der Waals surface area (Å²) in [5.41, 5.74) is 7.00. The maximum Gasteiger partial charge on any atom is 0.257 e. The van der Waals surface area contributed by atoms with Crippen LogP contribution in [-0.4, -0.2) is 67.7 Å². The molecule has 1 amide bonds. The molecule has 1 heterocycles. The van der Waals surface area contributed by atoms with Crippen molar-refractivity contribution >= 4 is 5.91 Å². The number of aryl methyl sites for hydroxylation is 1. The van der Waals surface area contributed by atoms with Crippen LogP contribution in [0.1, 0.15) is 22.5 Å². The number of ether oxygens (including phenoxy) is 2. The van der Waals surface area contributed by atoms with Crippen LogP contribution >= 0.6 is 0 Å². The first-order valence-corrected chi connectivity index (χ1v) is 7.15. The molecule has 0 saturated carbocycles. The maximum atomic E-state index is 12.6. The Hall–Kier alpha value is -1.44. The number of amides is 1. The van der Waals surface area contributed by atoms with Crippen LogP contribution in [0.25, 0.3) is 0 Å². The summed E-state index contributed by atoms with van der Waals surface area (Å²) in [5, 5.41) is 4.27. The van der Waals surface area contributed by atoms with E-state index in [0.717, 1.165) is 18.7 Å². The number of aromatic nitrogens is 2. The number of hydrogen-bond donors (Lipinski definition) is 1. The predicted octanol–water partition coefficient (Wildman–Crippen LogP) is 0.275. The van der Waals surface area contributed by atoms with Gasteiger partial charge in [-0.15, -0.1) is 0 Å². The van der Waals surface area contributed by atoms with E-state index in [-0.39, 0.29) is 5.91 Å². The summed E-state index contributed by atoms with van der Waals surface area (Å²) in [6, 6.07) is 0. The van der Waals surface area contributed by atoms with Crippen molar-refractivity contribution < 1.29 is 14.3 Å². The van der Waals surface area contributed by atoms with Crippen molar-refractivity contribution in [2.24, 2.45) is 5.73 Å². The fourth-order valence-electron chi connectivity index (χ4n) is 2.01. The van der Waals surface area contributed by atoms with Crippen molar-refractivity contribution in [1.82, 2.24) is 14.7 Å². The molecule has 21 heavy (non-hydrogen) atoms. The lowest BCUT2D eigenvalue weighted by Gasteiger charge is -2.21. The summed E-state index contributed by atoms with van der Waals surface area (Å²) in [6.45, 7) is 5.30. The number of methoxy groups -OCH3 is 2. The van der Waals surface area contributed by atoms with E-state index in [9.17, 15) is 4.79 Å². The largest absolute Gasteiger partial charge is 0.383 e. The molecule has 1 aromatic rings. The van der Waals surface area contributed by atoms with Crippen LogP contribution in [0, 0.1) is 6.92 Å². The van der Waals surface area contributed by atoms with Crippen molar-refractivity contribution in [3.63, 3.8) is 0 Å². The summed E-state index contributed by atoms with van der Waals surface area (Å²) >= 11 is 0. The van der Waals surface area contributed by atoms with E-state index in [4.69, 9.17) is 15.2 Å². The molecule has 7 heteroatoms. The van der Waals surface area contributed by atoms with Gasteiger partial charge in [0.05, 0.1) is 25.0 Å². The quantitative estimate of drug-likeness (QED) is 0.670. The molecule has 120 valence electrons. The molecule has 0 aliphatic heterocycles. The number of rotatable bonds is 10. The first-order chi connectivity index (χ1) is 10.2. The van der Waals surface area contributed by atoms with Crippen molar-refractivity contribution in [2.75, 3.05) is 47.1 Å². The molecule has 1 rings (SSSR count). The minimum Gasteiger partial charge on any atom is -0.383 e. The molecular formula is C14H26N4O3. The Morgan fingerprint density at radius 1 is 1.33 bits per heavy atom. The van der Waals surface area contributed by atoms with E-state index in [0.29, 0.717) is 38.4 Å². The standard InChI is InChI=1S/C14H26N4O3/c1-12-13(11-16-18(12)6-4-5-15)14(19)17(7-9-20-2)8-10-21-3/h11H,4-10,15H2,1-3H3. The molecule has 0 saturated heterocycles. The normalized spacial score (nSPS) is 10.9. The third-order valence-electron chi connectivity index (χ3n) is 3.33. The number of carbonyl (C=O) groups excluding carboxylic acids is 1. The molecule has 2 N–H and O–H groups in total. The van der Waals surface area contributed by atoms with Crippen LogP contribution in [0.15, 0.2) is 6.20 Å². The van der Waals surface area contributed by atoms with Gasteiger partial charge in [-0.2, -0.15) is 5.10 Å². The number of nitrogens with two attached hydrogens (primary N) is 1. The Morgan fingerprint density at radius 3 is 2.48 bits per heavy atom. The maximum absolute atomic E-state index is 12.6. The van der Waals surface area contributed by atoms with Crippen LogP contribution in [0.4, 0.5) is 0 Å². The smallest absolute Gasteiger partial charge is 0.257 e. The molecular weight excluding hydrogens is 272 g/mol. The van der Waals surface area contributed by atoms with Gasteiger partial charge in [-0.1, -0.05) is 0 Å². The van der Waals surface area contributed by atoms with Gasteiger partial charge < -0.3 is 20.1 Å². The predicted molar refractivity (Wildman–Crippen MR) is 80.3 cm³/mol. The Balaban J connectivity index is 2.79. The summed E-state index contributed by atoms with van der Waals surface area (Å²) in [5.74, 6) is -0.0411. The van der Waals surface area contributed by atoms with Gasteiger partial charge in [0.1, 0.15) is 0 Å². The fraction of sp³-hybridized carbons (Fsp3) is 0.714. The second-order valence-corrected chi connectivity index (χ2v) is 4.79. The van der Waals surface area contributed by atoms with Gasteiger partial charge in [0, 0.05) is 39.5 Å². The molecule has 7 nitrogen and oxygen atoms in total. The highest BCUT2D eigenvalue weighted by Crippen LogP contribution is 2.11. The van der Waals surface area contributed by atoms with Crippen LogP contribution in [0.2, 0.25) is 0 Å². The van der Waals surface area contributed by atoms with Crippen molar-refractivity contribution in [1.29, 1.82) is 0 Å². The van der Waals surface area contributed by atoms with E-state index < -0.39 is 0 Å². The van der Waals surface area contributed by atoms with Gasteiger partial charge in [0.25, 0.3) is 5.91 Å². The first kappa shape index (κ1) is 17.6. The lowest BCUT2D eigenvalue weighted by molar-refractivity contribution is 0.0626. The van der Waals surface area contributed by atoms with Gasteiger partial charge in [-0.05, 0) is 19.9 Å². The molecule has 0 fully saturated rings. The summed E-state index contributed by atoms with van der Waals surface area (Å²) in [7, 11) is 3.24. The van der Waals surface area contributed by atoms with Gasteiger partial charge in [0.15, 0.2) is 0 Å². The van der Waals surface area contributed by atoms with Crippen LogP contribution in [0.3, 0.4) is 0 Å². The van der Waals surface area contributed by atoms with Crippen molar-refractivity contribution in [3.05, 3.63) is 17.5 Å². The molecule has 0 bridgehead atoms. The third-order valence-corrected chi connectivity index (χ3v) is 3.33. The fourth-order valence-corrected chi connectivity index (χ4v) is 2.01. The lowest BCUT2D eigenvalue weighted by atomic mass is 10.2. The van der Waals surface area contributed by atoms with Crippen LogP contribution < -0.4 is 5.73 Å². The molecule has 0 radical (unpaired) electrons. The topological polar surface area (TPSA) is 82.6 Å². The van der Waals surface area contributed by atoms with E-state index in [2.05, 4.69) is 5.10 Å². The first-order valence-electron chi connectivity index (χ1n) is 7.15. The highest BCUT2D eigenvalue weighted by atomic mass is 16.5. The average molecular weight is 298 g/mol. The summed E-state index contributed by atoms with van der Waals surface area (Å²) in [4.78, 5) is 14.3. The zero-order valence-corrected chi connectivity index (χ0v) is 13.2. The second-order valence-electron chi connectivity index (χ2n) is 4.79. The van der Waals surface area contributed by atoms with Gasteiger partial charge in [-0.3, -0.25) is 9.48 Å². The summed E-state index contributed by atoms with van der Waals surface area (Å²) in [6.07, 6.45) is 2.47. The number of nitrogens with zero attached hydrogens (tertiary/aromatic N) is 3. The van der Waals surface area contributed by atoms with E-state index in [1.807, 2.05) is 11.6 Å². The van der Waals surface area contributed by atoms with E-state index in [1.54, 1.807) is 25.3 Å². The third kappa shape index (κ3) is 5.11. The minimum atomic E-state index is -0.0411. The van der Waals surface area contributed by atoms with Gasteiger partial charge in [-0.25, -0.2) is 0 Å². The lowest BCUT2D eigenvalue weighted by Crippen LogP contribution is -2.36. The van der Waals surface area contributed by atoms with E-state index in [1.165, 1.54) is 0 Å². The zero-order chi connectivity index (χ0) is 15.7. The average Bonchev–Trinajstić information content (AvgIpc) is 2.85.